The Morgan fingerprint density at radius 1 is 1.06 bits per heavy atom. The van der Waals surface area contributed by atoms with Crippen molar-refractivity contribution in [2.24, 2.45) is 14.1 Å². The van der Waals surface area contributed by atoms with Crippen molar-refractivity contribution in [2.45, 2.75) is 6.42 Å². The lowest BCUT2D eigenvalue weighted by molar-refractivity contribution is 0.198. The van der Waals surface area contributed by atoms with Crippen LogP contribution in [0, 0.1) is 0 Å². The number of hydrogen-bond acceptors (Lipinski definition) is 7. The van der Waals surface area contributed by atoms with Gasteiger partial charge in [0.15, 0.2) is 11.6 Å². The summed E-state index contributed by atoms with van der Waals surface area (Å²) in [5.41, 5.74) is 3.12. The first-order valence-corrected chi connectivity index (χ1v) is 11.6. The SMILES string of the molecule is COCCCNc1nc(-c2nccn2C)nc2sc(-c3ccn(C)n3)c(-c3ccccc3)c12. The van der Waals surface area contributed by atoms with Crippen LogP contribution in [0.5, 0.6) is 0 Å². The van der Waals surface area contributed by atoms with E-state index >= 15 is 0 Å². The first-order valence-electron chi connectivity index (χ1n) is 10.8. The molecule has 0 aliphatic heterocycles. The zero-order valence-electron chi connectivity index (χ0n) is 18.8. The van der Waals surface area contributed by atoms with E-state index in [-0.39, 0.29) is 0 Å². The highest BCUT2D eigenvalue weighted by Crippen LogP contribution is 2.46. The quantitative estimate of drug-likeness (QED) is 0.341. The molecule has 0 saturated carbocycles. The molecule has 0 unspecified atom stereocenters. The Hall–Kier alpha value is -3.56. The highest BCUT2D eigenvalue weighted by Gasteiger charge is 2.23. The van der Waals surface area contributed by atoms with Crippen molar-refractivity contribution in [1.82, 2.24) is 29.3 Å². The fourth-order valence-corrected chi connectivity index (χ4v) is 4.99. The minimum atomic E-state index is 0.595. The maximum atomic E-state index is 5.23. The number of aryl methyl sites for hydroxylation is 2. The van der Waals surface area contributed by atoms with Crippen molar-refractivity contribution in [3.05, 3.63) is 55.0 Å². The molecule has 5 aromatic rings. The van der Waals surface area contributed by atoms with Crippen LogP contribution in [-0.2, 0) is 18.8 Å². The number of rotatable bonds is 8. The van der Waals surface area contributed by atoms with Gasteiger partial charge in [0.2, 0.25) is 0 Å². The lowest BCUT2D eigenvalue weighted by atomic mass is 10.0. The lowest BCUT2D eigenvalue weighted by Crippen LogP contribution is -2.08. The van der Waals surface area contributed by atoms with Gasteiger partial charge in [-0.15, -0.1) is 11.3 Å². The molecule has 4 aromatic heterocycles. The Balaban J connectivity index is 1.76. The second kappa shape index (κ2) is 9.13. The van der Waals surface area contributed by atoms with Gasteiger partial charge in [-0.2, -0.15) is 5.10 Å². The van der Waals surface area contributed by atoms with Crippen molar-refractivity contribution in [3.63, 3.8) is 0 Å². The molecule has 1 aromatic carbocycles. The monoisotopic (exact) mass is 459 g/mol. The molecule has 4 heterocycles. The fourth-order valence-electron chi connectivity index (χ4n) is 3.83. The van der Waals surface area contributed by atoms with Crippen LogP contribution in [0.3, 0.4) is 0 Å². The summed E-state index contributed by atoms with van der Waals surface area (Å²) in [5.74, 6) is 2.12. The molecule has 0 aliphatic carbocycles. The van der Waals surface area contributed by atoms with Gasteiger partial charge in [0.05, 0.1) is 10.3 Å². The van der Waals surface area contributed by atoms with Crippen LogP contribution in [0.1, 0.15) is 6.42 Å². The Kier molecular flexibility index (Phi) is 5.89. The fraction of sp³-hybridized carbons (Fsp3) is 0.250. The standard InChI is InChI=1S/C24H25N7OS/c1-30-14-12-26-23(30)22-27-21(25-11-7-15-32-3)19-18(16-8-5-4-6-9-16)20(33-24(19)28-22)17-10-13-31(2)29-17/h4-6,8-10,12-14H,7,11,15H2,1-3H3,(H,25,27,28). The number of ether oxygens (including phenoxy) is 1. The number of methoxy groups -OCH3 is 1. The number of nitrogens with one attached hydrogen (secondary N) is 1. The maximum absolute atomic E-state index is 5.23. The first kappa shape index (κ1) is 21.3. The van der Waals surface area contributed by atoms with Crippen LogP contribution in [0.2, 0.25) is 0 Å². The molecule has 0 bridgehead atoms. The zero-order chi connectivity index (χ0) is 22.8. The van der Waals surface area contributed by atoms with Crippen LogP contribution in [0.25, 0.3) is 43.6 Å². The molecule has 0 saturated heterocycles. The number of imidazole rings is 1. The summed E-state index contributed by atoms with van der Waals surface area (Å²) in [4.78, 5) is 16.3. The van der Waals surface area contributed by atoms with Crippen molar-refractivity contribution < 1.29 is 4.74 Å². The molecule has 0 radical (unpaired) electrons. The second-order valence-electron chi connectivity index (χ2n) is 7.76. The van der Waals surface area contributed by atoms with E-state index in [0.29, 0.717) is 12.4 Å². The predicted octanol–water partition coefficient (Wildman–Crippen LogP) is 4.61. The van der Waals surface area contributed by atoms with Crippen LogP contribution in [0.4, 0.5) is 5.82 Å². The normalized spacial score (nSPS) is 11.4. The van der Waals surface area contributed by atoms with Crippen LogP contribution < -0.4 is 5.32 Å². The van der Waals surface area contributed by atoms with Crippen molar-refractivity contribution in [2.75, 3.05) is 25.6 Å². The smallest absolute Gasteiger partial charge is 0.199 e. The average Bonchev–Trinajstić information content (AvgIpc) is 3.55. The molecule has 0 amide bonds. The van der Waals surface area contributed by atoms with E-state index in [1.807, 2.05) is 47.9 Å². The number of anilines is 1. The van der Waals surface area contributed by atoms with Crippen LogP contribution in [-0.4, -0.2) is 49.6 Å². The van der Waals surface area contributed by atoms with Crippen LogP contribution >= 0.6 is 11.3 Å². The van der Waals surface area contributed by atoms with E-state index in [9.17, 15) is 0 Å². The number of benzene rings is 1. The van der Waals surface area contributed by atoms with Gasteiger partial charge in [-0.05, 0) is 18.1 Å². The molecular weight excluding hydrogens is 434 g/mol. The third kappa shape index (κ3) is 4.12. The summed E-state index contributed by atoms with van der Waals surface area (Å²) in [6.45, 7) is 1.42. The van der Waals surface area contributed by atoms with Gasteiger partial charge in [0, 0.05) is 58.5 Å². The van der Waals surface area contributed by atoms with E-state index in [4.69, 9.17) is 19.8 Å². The third-order valence-corrected chi connectivity index (χ3v) is 6.51. The Bertz CT molecular complexity index is 1390. The van der Waals surface area contributed by atoms with E-state index < -0.39 is 0 Å². The number of nitrogens with zero attached hydrogens (tertiary/aromatic N) is 6. The molecule has 8 nitrogen and oxygen atoms in total. The van der Waals surface area contributed by atoms with Gasteiger partial charge in [-0.25, -0.2) is 15.0 Å². The number of fused-ring (bicyclic) bond motifs is 1. The Morgan fingerprint density at radius 3 is 2.61 bits per heavy atom. The summed E-state index contributed by atoms with van der Waals surface area (Å²) in [7, 11) is 5.60. The minimum Gasteiger partial charge on any atom is -0.385 e. The van der Waals surface area contributed by atoms with Crippen molar-refractivity contribution in [1.29, 1.82) is 0 Å². The Morgan fingerprint density at radius 2 is 1.91 bits per heavy atom. The predicted molar refractivity (Wildman–Crippen MR) is 132 cm³/mol. The highest BCUT2D eigenvalue weighted by molar-refractivity contribution is 7.22. The van der Waals surface area contributed by atoms with E-state index in [1.54, 1.807) is 24.6 Å². The summed E-state index contributed by atoms with van der Waals surface area (Å²) < 4.78 is 8.98. The van der Waals surface area contributed by atoms with Gasteiger partial charge in [-0.3, -0.25) is 4.68 Å². The second-order valence-corrected chi connectivity index (χ2v) is 8.76. The zero-order valence-corrected chi connectivity index (χ0v) is 19.6. The maximum Gasteiger partial charge on any atom is 0.199 e. The van der Waals surface area contributed by atoms with Crippen LogP contribution in [0.15, 0.2) is 55.0 Å². The van der Waals surface area contributed by atoms with E-state index in [2.05, 4.69) is 34.6 Å². The molecule has 0 aliphatic rings. The van der Waals surface area contributed by atoms with Gasteiger partial charge < -0.3 is 14.6 Å². The molecular formula is C24H25N7OS. The average molecular weight is 460 g/mol. The van der Waals surface area contributed by atoms with E-state index in [1.165, 1.54) is 0 Å². The largest absolute Gasteiger partial charge is 0.385 e. The summed E-state index contributed by atoms with van der Waals surface area (Å²) in [6.07, 6.45) is 6.50. The van der Waals surface area contributed by atoms with Gasteiger partial charge in [0.1, 0.15) is 16.3 Å². The first-order chi connectivity index (χ1) is 16.2. The summed E-state index contributed by atoms with van der Waals surface area (Å²) in [6, 6.07) is 12.4. The van der Waals surface area contributed by atoms with Crippen molar-refractivity contribution in [3.8, 4) is 33.3 Å². The summed E-state index contributed by atoms with van der Waals surface area (Å²) >= 11 is 1.63. The van der Waals surface area contributed by atoms with Gasteiger partial charge in [-0.1, -0.05) is 30.3 Å². The molecule has 9 heteroatoms. The molecule has 33 heavy (non-hydrogen) atoms. The number of hydrogen-bond donors (Lipinski definition) is 1. The molecule has 1 N–H and O–H groups in total. The van der Waals surface area contributed by atoms with Crippen molar-refractivity contribution >= 4 is 27.4 Å². The molecule has 0 atom stereocenters. The highest BCUT2D eigenvalue weighted by atomic mass is 32.1. The molecule has 0 fully saturated rings. The number of thiophene rings is 1. The van der Waals surface area contributed by atoms with E-state index in [0.717, 1.165) is 56.5 Å². The molecule has 0 spiro atoms. The number of aromatic nitrogens is 6. The topological polar surface area (TPSA) is 82.7 Å². The Labute approximate surface area is 195 Å². The molecule has 5 rings (SSSR count). The third-order valence-electron chi connectivity index (χ3n) is 5.40. The molecule has 168 valence electrons. The lowest BCUT2D eigenvalue weighted by Gasteiger charge is -2.11. The van der Waals surface area contributed by atoms with Gasteiger partial charge in [0.25, 0.3) is 0 Å². The van der Waals surface area contributed by atoms with Gasteiger partial charge >= 0.3 is 0 Å². The minimum absolute atomic E-state index is 0.595. The summed E-state index contributed by atoms with van der Waals surface area (Å²) in [5, 5.41) is 9.23.